The number of aliphatic carboxylic acids is 1. The molecule has 1 aliphatic heterocycles. The van der Waals surface area contributed by atoms with Crippen LogP contribution in [0.3, 0.4) is 0 Å². The molecule has 1 aromatic rings. The number of carbonyl (C=O) groups excluding carboxylic acids is 2. The van der Waals surface area contributed by atoms with Gasteiger partial charge < -0.3 is 20.1 Å². The number of carboxylic acids is 1. The first-order chi connectivity index (χ1) is 10.8. The highest BCUT2D eigenvalue weighted by Crippen LogP contribution is 2.30. The lowest BCUT2D eigenvalue weighted by Crippen LogP contribution is -2.37. The Morgan fingerprint density at radius 3 is 2.65 bits per heavy atom. The van der Waals surface area contributed by atoms with E-state index in [9.17, 15) is 23.9 Å². The standard InChI is InChI=1S/C15H17FN2O5/c1-15(13(20)21)5-6-18(8-15)14(22)17-11-7-9(16)3-4-10(11)12(19)23-2/h3-4,7H,5-6,8H2,1-2H3,(H,17,22)(H,20,21). The van der Waals surface area contributed by atoms with Crippen LogP contribution in [-0.2, 0) is 9.53 Å². The number of methoxy groups -OCH3 is 1. The van der Waals surface area contributed by atoms with Gasteiger partial charge in [0.2, 0.25) is 0 Å². The summed E-state index contributed by atoms with van der Waals surface area (Å²) >= 11 is 0. The number of urea groups is 1. The SMILES string of the molecule is COC(=O)c1ccc(F)cc1NC(=O)N1CCC(C)(C(=O)O)C1. The third-order valence-corrected chi connectivity index (χ3v) is 3.91. The Bertz CT molecular complexity index is 663. The summed E-state index contributed by atoms with van der Waals surface area (Å²) in [6.07, 6.45) is 0.322. The Morgan fingerprint density at radius 1 is 1.39 bits per heavy atom. The average molecular weight is 324 g/mol. The van der Waals surface area contributed by atoms with Crippen molar-refractivity contribution in [2.75, 3.05) is 25.5 Å². The minimum absolute atomic E-state index is 0.0162. The van der Waals surface area contributed by atoms with E-state index in [1.165, 1.54) is 18.1 Å². The van der Waals surface area contributed by atoms with E-state index in [1.54, 1.807) is 6.92 Å². The summed E-state index contributed by atoms with van der Waals surface area (Å²) in [5.74, 6) is -2.31. The van der Waals surface area contributed by atoms with Crippen LogP contribution < -0.4 is 5.32 Å². The molecule has 1 unspecified atom stereocenters. The van der Waals surface area contributed by atoms with E-state index in [0.29, 0.717) is 6.42 Å². The molecule has 7 nitrogen and oxygen atoms in total. The number of carbonyl (C=O) groups is 3. The van der Waals surface area contributed by atoms with Crippen LogP contribution >= 0.6 is 0 Å². The number of amides is 2. The number of ether oxygens (including phenoxy) is 1. The smallest absolute Gasteiger partial charge is 0.339 e. The molecule has 0 saturated carbocycles. The molecule has 1 heterocycles. The molecule has 2 amide bonds. The van der Waals surface area contributed by atoms with Crippen LogP contribution in [0.2, 0.25) is 0 Å². The Balaban J connectivity index is 2.17. The summed E-state index contributed by atoms with van der Waals surface area (Å²) in [7, 11) is 1.18. The lowest BCUT2D eigenvalue weighted by atomic mass is 9.90. The fraction of sp³-hybridized carbons (Fsp3) is 0.400. The van der Waals surface area contributed by atoms with Crippen LogP contribution in [0.5, 0.6) is 0 Å². The van der Waals surface area contributed by atoms with Gasteiger partial charge in [-0.15, -0.1) is 0 Å². The second-order valence-electron chi connectivity index (χ2n) is 5.65. The molecule has 0 aliphatic carbocycles. The molecule has 2 rings (SSSR count). The van der Waals surface area contributed by atoms with Crippen molar-refractivity contribution in [1.29, 1.82) is 0 Å². The Kier molecular flexibility index (Phi) is 4.53. The maximum absolute atomic E-state index is 13.4. The van der Waals surface area contributed by atoms with Crippen LogP contribution in [0.4, 0.5) is 14.9 Å². The summed E-state index contributed by atoms with van der Waals surface area (Å²) < 4.78 is 18.0. The zero-order valence-electron chi connectivity index (χ0n) is 12.8. The quantitative estimate of drug-likeness (QED) is 0.828. The van der Waals surface area contributed by atoms with Gasteiger partial charge in [-0.2, -0.15) is 0 Å². The number of carboxylic acid groups (broad SMARTS) is 1. The molecule has 0 radical (unpaired) electrons. The van der Waals surface area contributed by atoms with E-state index in [0.717, 1.165) is 12.1 Å². The first-order valence-corrected chi connectivity index (χ1v) is 6.94. The van der Waals surface area contributed by atoms with Crippen molar-refractivity contribution in [3.8, 4) is 0 Å². The van der Waals surface area contributed by atoms with Crippen molar-refractivity contribution in [1.82, 2.24) is 4.90 Å². The number of nitrogens with zero attached hydrogens (tertiary/aromatic N) is 1. The molecular formula is C15H17FN2O5. The minimum atomic E-state index is -1.01. The fourth-order valence-electron chi connectivity index (χ4n) is 2.41. The molecular weight excluding hydrogens is 307 g/mol. The number of halogens is 1. The number of likely N-dealkylation sites (tertiary alicyclic amines) is 1. The predicted octanol–water partition coefficient (Wildman–Crippen LogP) is 1.94. The van der Waals surface area contributed by atoms with Crippen molar-refractivity contribution < 1.29 is 28.6 Å². The van der Waals surface area contributed by atoms with E-state index < -0.39 is 29.2 Å². The van der Waals surface area contributed by atoms with Gasteiger partial charge in [0.15, 0.2) is 0 Å². The Morgan fingerprint density at radius 2 is 2.09 bits per heavy atom. The van der Waals surface area contributed by atoms with Gasteiger partial charge in [-0.25, -0.2) is 14.0 Å². The van der Waals surface area contributed by atoms with Crippen LogP contribution in [0.25, 0.3) is 0 Å². The molecule has 1 aliphatic rings. The molecule has 0 spiro atoms. The van der Waals surface area contributed by atoms with E-state index in [1.807, 2.05) is 0 Å². The predicted molar refractivity (Wildman–Crippen MR) is 78.7 cm³/mol. The topological polar surface area (TPSA) is 95.9 Å². The van der Waals surface area contributed by atoms with Gasteiger partial charge in [0, 0.05) is 13.1 Å². The first kappa shape index (κ1) is 16.7. The van der Waals surface area contributed by atoms with Crippen molar-refractivity contribution in [3.63, 3.8) is 0 Å². The number of anilines is 1. The number of hydrogen-bond donors (Lipinski definition) is 2. The van der Waals surface area contributed by atoms with Crippen molar-refractivity contribution in [3.05, 3.63) is 29.6 Å². The third kappa shape index (κ3) is 3.41. The summed E-state index contributed by atoms with van der Waals surface area (Å²) in [5, 5.41) is 11.6. The van der Waals surface area contributed by atoms with Crippen molar-refractivity contribution in [2.24, 2.45) is 5.41 Å². The lowest BCUT2D eigenvalue weighted by Gasteiger charge is -2.21. The lowest BCUT2D eigenvalue weighted by molar-refractivity contribution is -0.146. The molecule has 1 fully saturated rings. The monoisotopic (exact) mass is 324 g/mol. The van der Waals surface area contributed by atoms with Crippen LogP contribution in [0, 0.1) is 11.2 Å². The number of rotatable bonds is 3. The molecule has 2 N–H and O–H groups in total. The normalized spacial score (nSPS) is 20.2. The number of benzene rings is 1. The maximum atomic E-state index is 13.4. The second kappa shape index (κ2) is 6.23. The summed E-state index contributed by atoms with van der Waals surface area (Å²) in [6.45, 7) is 1.86. The summed E-state index contributed by atoms with van der Waals surface area (Å²) in [5.41, 5.74) is -1.02. The van der Waals surface area contributed by atoms with E-state index in [4.69, 9.17) is 0 Å². The zero-order chi connectivity index (χ0) is 17.2. The number of nitrogens with one attached hydrogen (secondary N) is 1. The summed E-state index contributed by atoms with van der Waals surface area (Å²) in [4.78, 5) is 36.4. The van der Waals surface area contributed by atoms with Crippen molar-refractivity contribution >= 4 is 23.7 Å². The highest BCUT2D eigenvalue weighted by atomic mass is 19.1. The average Bonchev–Trinajstić information content (AvgIpc) is 2.91. The number of hydrogen-bond acceptors (Lipinski definition) is 4. The third-order valence-electron chi connectivity index (χ3n) is 3.91. The fourth-order valence-corrected chi connectivity index (χ4v) is 2.41. The van der Waals surface area contributed by atoms with Gasteiger partial charge in [-0.1, -0.05) is 0 Å². The largest absolute Gasteiger partial charge is 0.481 e. The van der Waals surface area contributed by atoms with Crippen LogP contribution in [-0.4, -0.2) is 48.2 Å². The van der Waals surface area contributed by atoms with Crippen LogP contribution in [0.1, 0.15) is 23.7 Å². The first-order valence-electron chi connectivity index (χ1n) is 6.94. The molecule has 1 atom stereocenters. The summed E-state index contributed by atoms with van der Waals surface area (Å²) in [6, 6.07) is 2.71. The van der Waals surface area contributed by atoms with Crippen molar-refractivity contribution in [2.45, 2.75) is 13.3 Å². The molecule has 1 aromatic carbocycles. The van der Waals surface area contributed by atoms with Gasteiger partial charge in [0.1, 0.15) is 5.82 Å². The maximum Gasteiger partial charge on any atom is 0.339 e. The van der Waals surface area contributed by atoms with Gasteiger partial charge >= 0.3 is 18.0 Å². The van der Waals surface area contributed by atoms with Gasteiger partial charge in [-0.3, -0.25) is 4.79 Å². The van der Waals surface area contributed by atoms with E-state index in [-0.39, 0.29) is 24.3 Å². The Labute approximate surface area is 132 Å². The highest BCUT2D eigenvalue weighted by molar-refractivity contribution is 6.01. The second-order valence-corrected chi connectivity index (χ2v) is 5.65. The Hall–Kier alpha value is -2.64. The van der Waals surface area contributed by atoms with E-state index >= 15 is 0 Å². The van der Waals surface area contributed by atoms with Gasteiger partial charge in [0.05, 0.1) is 23.8 Å². The zero-order valence-corrected chi connectivity index (χ0v) is 12.8. The molecule has 23 heavy (non-hydrogen) atoms. The number of esters is 1. The molecule has 124 valence electrons. The molecule has 0 bridgehead atoms. The highest BCUT2D eigenvalue weighted by Gasteiger charge is 2.42. The van der Waals surface area contributed by atoms with E-state index in [2.05, 4.69) is 10.1 Å². The molecule has 8 heteroatoms. The van der Waals surface area contributed by atoms with Crippen LogP contribution in [0.15, 0.2) is 18.2 Å². The molecule has 0 aromatic heterocycles. The minimum Gasteiger partial charge on any atom is -0.481 e. The van der Waals surface area contributed by atoms with Gasteiger partial charge in [0.25, 0.3) is 0 Å². The van der Waals surface area contributed by atoms with Gasteiger partial charge in [-0.05, 0) is 31.5 Å². The molecule has 1 saturated heterocycles.